The van der Waals surface area contributed by atoms with E-state index in [2.05, 4.69) is 45.1 Å². The molecular weight excluding hydrogens is 238 g/mol. The Kier molecular flexibility index (Phi) is 5.83. The van der Waals surface area contributed by atoms with Gasteiger partial charge >= 0.3 is 0 Å². The Morgan fingerprint density at radius 3 is 2.47 bits per heavy atom. The fraction of sp³-hybridized carbons (Fsp3) is 0.625. The van der Waals surface area contributed by atoms with E-state index in [4.69, 9.17) is 4.74 Å². The van der Waals surface area contributed by atoms with E-state index in [1.54, 1.807) is 0 Å². The minimum atomic E-state index is -0.00769. The second-order valence-electron chi connectivity index (χ2n) is 5.98. The molecule has 1 aromatic rings. The lowest BCUT2D eigenvalue weighted by atomic mass is 9.86. The zero-order valence-corrected chi connectivity index (χ0v) is 12.8. The fourth-order valence-corrected chi connectivity index (χ4v) is 1.93. The average molecular weight is 265 g/mol. The Morgan fingerprint density at radius 2 is 2.00 bits per heavy atom. The van der Waals surface area contributed by atoms with Gasteiger partial charge in [0.2, 0.25) is 0 Å². The van der Waals surface area contributed by atoms with Crippen LogP contribution in [0, 0.1) is 6.92 Å². The smallest absolute Gasteiger partial charge is 0.122 e. The van der Waals surface area contributed by atoms with Crippen LogP contribution >= 0.6 is 0 Å². The fourth-order valence-electron chi connectivity index (χ4n) is 1.93. The third kappa shape index (κ3) is 4.84. The number of ether oxygens (including phenoxy) is 1. The van der Waals surface area contributed by atoms with Gasteiger partial charge in [-0.2, -0.15) is 0 Å². The van der Waals surface area contributed by atoms with Gasteiger partial charge < -0.3 is 15.2 Å². The molecule has 0 amide bonds. The van der Waals surface area contributed by atoms with Crippen molar-refractivity contribution >= 4 is 0 Å². The van der Waals surface area contributed by atoms with Crippen molar-refractivity contribution in [1.29, 1.82) is 0 Å². The first-order valence-electron chi connectivity index (χ1n) is 6.96. The molecule has 0 radical (unpaired) electrons. The summed E-state index contributed by atoms with van der Waals surface area (Å²) in [6.45, 7) is 12.1. The molecule has 108 valence electrons. The number of aliphatic hydroxyl groups excluding tert-OH is 1. The molecule has 1 rings (SSSR count). The van der Waals surface area contributed by atoms with Gasteiger partial charge in [0, 0.05) is 0 Å². The zero-order valence-electron chi connectivity index (χ0n) is 12.8. The molecule has 0 heterocycles. The maximum Gasteiger partial charge on any atom is 0.122 e. The maximum atomic E-state index is 9.21. The van der Waals surface area contributed by atoms with E-state index >= 15 is 0 Å². The zero-order chi connectivity index (χ0) is 14.5. The predicted molar refractivity (Wildman–Crippen MR) is 79.9 cm³/mol. The molecule has 0 bridgehead atoms. The molecule has 2 N–H and O–H groups in total. The Hall–Kier alpha value is -1.06. The normalized spacial score (nSPS) is 13.4. The summed E-state index contributed by atoms with van der Waals surface area (Å²) in [5.41, 5.74) is 2.60. The first kappa shape index (κ1) is 16.0. The summed E-state index contributed by atoms with van der Waals surface area (Å²) in [6.07, 6.45) is 0. The SMILES string of the molecule is CCNC(CO)COc1ccc(C(C)(C)C)cc1C. The Bertz CT molecular complexity index is 396. The Morgan fingerprint density at radius 1 is 1.32 bits per heavy atom. The number of aryl methyl sites for hydroxylation is 1. The van der Waals surface area contributed by atoms with Crippen molar-refractivity contribution in [2.45, 2.75) is 46.1 Å². The number of likely N-dealkylation sites (N-methyl/N-ethyl adjacent to an activating group) is 1. The number of hydrogen-bond donors (Lipinski definition) is 2. The van der Waals surface area contributed by atoms with E-state index < -0.39 is 0 Å². The van der Waals surface area contributed by atoms with Gasteiger partial charge in [0.05, 0.1) is 12.6 Å². The Labute approximate surface area is 117 Å². The van der Waals surface area contributed by atoms with Crippen molar-refractivity contribution in [3.8, 4) is 5.75 Å². The van der Waals surface area contributed by atoms with Gasteiger partial charge in [-0.25, -0.2) is 0 Å². The topological polar surface area (TPSA) is 41.5 Å². The number of benzene rings is 1. The van der Waals surface area contributed by atoms with Crippen LogP contribution in [0.2, 0.25) is 0 Å². The molecule has 3 nitrogen and oxygen atoms in total. The van der Waals surface area contributed by atoms with Gasteiger partial charge in [-0.3, -0.25) is 0 Å². The summed E-state index contributed by atoms with van der Waals surface area (Å²) in [4.78, 5) is 0. The minimum absolute atomic E-state index is 0.00769. The second-order valence-corrected chi connectivity index (χ2v) is 5.98. The minimum Gasteiger partial charge on any atom is -0.492 e. The van der Waals surface area contributed by atoms with Gasteiger partial charge in [0.15, 0.2) is 0 Å². The molecule has 19 heavy (non-hydrogen) atoms. The van der Waals surface area contributed by atoms with E-state index in [9.17, 15) is 5.11 Å². The molecule has 0 spiro atoms. The highest BCUT2D eigenvalue weighted by molar-refractivity contribution is 5.38. The second kappa shape index (κ2) is 6.92. The monoisotopic (exact) mass is 265 g/mol. The van der Waals surface area contributed by atoms with Crippen LogP contribution in [0.4, 0.5) is 0 Å². The number of aliphatic hydroxyl groups is 1. The van der Waals surface area contributed by atoms with Gasteiger partial charge in [0.25, 0.3) is 0 Å². The molecule has 0 fully saturated rings. The third-order valence-electron chi connectivity index (χ3n) is 3.19. The van der Waals surface area contributed by atoms with Crippen LogP contribution in [0.3, 0.4) is 0 Å². The molecule has 1 unspecified atom stereocenters. The van der Waals surface area contributed by atoms with E-state index in [1.807, 2.05) is 13.0 Å². The van der Waals surface area contributed by atoms with Crippen LogP contribution in [-0.4, -0.2) is 30.9 Å². The quantitative estimate of drug-likeness (QED) is 0.831. The summed E-state index contributed by atoms with van der Waals surface area (Å²) in [5, 5.41) is 12.4. The Balaban J connectivity index is 2.70. The molecule has 0 aliphatic rings. The van der Waals surface area contributed by atoms with Crippen molar-refractivity contribution in [2.75, 3.05) is 19.8 Å². The highest BCUT2D eigenvalue weighted by Gasteiger charge is 2.15. The molecule has 3 heteroatoms. The van der Waals surface area contributed by atoms with E-state index in [0.717, 1.165) is 17.9 Å². The van der Waals surface area contributed by atoms with Crippen LogP contribution in [0.5, 0.6) is 5.75 Å². The van der Waals surface area contributed by atoms with E-state index in [-0.39, 0.29) is 18.1 Å². The highest BCUT2D eigenvalue weighted by Crippen LogP contribution is 2.27. The van der Waals surface area contributed by atoms with Crippen molar-refractivity contribution in [1.82, 2.24) is 5.32 Å². The highest BCUT2D eigenvalue weighted by atomic mass is 16.5. The van der Waals surface area contributed by atoms with E-state index in [1.165, 1.54) is 5.56 Å². The van der Waals surface area contributed by atoms with Crippen LogP contribution in [0.15, 0.2) is 18.2 Å². The molecule has 0 aliphatic carbocycles. The molecule has 0 aromatic heterocycles. The number of nitrogens with one attached hydrogen (secondary N) is 1. The number of rotatable bonds is 6. The first-order chi connectivity index (χ1) is 8.88. The van der Waals surface area contributed by atoms with Crippen molar-refractivity contribution in [3.05, 3.63) is 29.3 Å². The van der Waals surface area contributed by atoms with Crippen molar-refractivity contribution < 1.29 is 9.84 Å². The summed E-state index contributed by atoms with van der Waals surface area (Å²) in [6, 6.07) is 6.31. The lowest BCUT2D eigenvalue weighted by Crippen LogP contribution is -2.37. The molecule has 1 atom stereocenters. The lowest BCUT2D eigenvalue weighted by Gasteiger charge is -2.21. The van der Waals surface area contributed by atoms with Crippen LogP contribution in [-0.2, 0) is 5.41 Å². The standard InChI is InChI=1S/C16H27NO2/c1-6-17-14(10-18)11-19-15-8-7-13(9-12(15)2)16(3,4)5/h7-9,14,17-18H,6,10-11H2,1-5H3. The van der Waals surface area contributed by atoms with Crippen LogP contribution in [0.1, 0.15) is 38.8 Å². The molecule has 0 aliphatic heterocycles. The van der Waals surface area contributed by atoms with Gasteiger partial charge in [-0.1, -0.05) is 39.8 Å². The van der Waals surface area contributed by atoms with Crippen molar-refractivity contribution in [2.24, 2.45) is 0 Å². The third-order valence-corrected chi connectivity index (χ3v) is 3.19. The average Bonchev–Trinajstić information content (AvgIpc) is 2.34. The van der Waals surface area contributed by atoms with Gasteiger partial charge in [0.1, 0.15) is 12.4 Å². The van der Waals surface area contributed by atoms with Crippen LogP contribution in [0.25, 0.3) is 0 Å². The molecule has 0 saturated carbocycles. The summed E-state index contributed by atoms with van der Waals surface area (Å²) in [7, 11) is 0. The van der Waals surface area contributed by atoms with Crippen LogP contribution < -0.4 is 10.1 Å². The number of hydrogen-bond acceptors (Lipinski definition) is 3. The first-order valence-corrected chi connectivity index (χ1v) is 6.96. The van der Waals surface area contributed by atoms with E-state index in [0.29, 0.717) is 6.61 Å². The largest absolute Gasteiger partial charge is 0.492 e. The summed E-state index contributed by atoms with van der Waals surface area (Å²) >= 11 is 0. The maximum absolute atomic E-state index is 9.21. The van der Waals surface area contributed by atoms with Gasteiger partial charge in [-0.15, -0.1) is 0 Å². The van der Waals surface area contributed by atoms with Gasteiger partial charge in [-0.05, 0) is 36.1 Å². The van der Waals surface area contributed by atoms with Crippen molar-refractivity contribution in [3.63, 3.8) is 0 Å². The molecule has 1 aromatic carbocycles. The summed E-state index contributed by atoms with van der Waals surface area (Å²) < 4.78 is 5.79. The predicted octanol–water partition coefficient (Wildman–Crippen LogP) is 2.64. The summed E-state index contributed by atoms with van der Waals surface area (Å²) in [5.74, 6) is 0.893. The lowest BCUT2D eigenvalue weighted by molar-refractivity contribution is 0.184. The molecular formula is C16H27NO2. The molecule has 0 saturated heterocycles.